The number of para-hydroxylation sites is 1. The van der Waals surface area contributed by atoms with Gasteiger partial charge in [0.25, 0.3) is 0 Å². The maximum Gasteiger partial charge on any atom is 0.229 e. The molecule has 114 valence electrons. The predicted octanol–water partition coefficient (Wildman–Crippen LogP) is 1.50. The lowest BCUT2D eigenvalue weighted by atomic mass is 9.95. The maximum atomic E-state index is 12.6. The molecule has 0 N–H and O–H groups in total. The Morgan fingerprint density at radius 3 is 3.10 bits per heavy atom. The summed E-state index contributed by atoms with van der Waals surface area (Å²) in [6, 6.07) is 5.82. The van der Waals surface area contributed by atoms with E-state index in [1.807, 2.05) is 23.1 Å². The van der Waals surface area contributed by atoms with E-state index in [1.54, 1.807) is 7.11 Å². The first-order valence-corrected chi connectivity index (χ1v) is 7.45. The van der Waals surface area contributed by atoms with Crippen LogP contribution in [-0.4, -0.2) is 50.8 Å². The van der Waals surface area contributed by atoms with Crippen LogP contribution in [0.15, 0.2) is 18.2 Å². The zero-order chi connectivity index (χ0) is 14.7. The van der Waals surface area contributed by atoms with Crippen LogP contribution in [0.2, 0.25) is 0 Å². The number of nitrogens with zero attached hydrogens (tertiary/aromatic N) is 1. The van der Waals surface area contributed by atoms with Gasteiger partial charge in [0.15, 0.2) is 11.5 Å². The molecule has 0 aliphatic carbocycles. The quantitative estimate of drug-likeness (QED) is 0.828. The van der Waals surface area contributed by atoms with E-state index < -0.39 is 0 Å². The summed E-state index contributed by atoms with van der Waals surface area (Å²) in [7, 11) is 1.63. The highest BCUT2D eigenvalue weighted by Gasteiger charge is 2.31. The summed E-state index contributed by atoms with van der Waals surface area (Å²) in [6.07, 6.45) is 1.62. The second kappa shape index (κ2) is 6.35. The van der Waals surface area contributed by atoms with Crippen molar-refractivity contribution in [3.63, 3.8) is 0 Å². The van der Waals surface area contributed by atoms with Crippen molar-refractivity contribution in [1.29, 1.82) is 0 Å². The number of carbonyl (C=O) groups excluding carboxylic acids is 1. The standard InChI is InChI=1S/C16H21NO4/c1-19-14-5-2-4-12-10-13(11-21-15(12)14)16(18)17-6-3-8-20-9-7-17/h2,4-5,13H,3,6-11H2,1H3. The molecule has 1 unspecified atom stereocenters. The van der Waals surface area contributed by atoms with Gasteiger partial charge in [0.05, 0.1) is 19.6 Å². The fraction of sp³-hybridized carbons (Fsp3) is 0.562. The van der Waals surface area contributed by atoms with Crippen LogP contribution in [0, 0.1) is 5.92 Å². The number of ether oxygens (including phenoxy) is 3. The number of amides is 1. The molecule has 0 radical (unpaired) electrons. The van der Waals surface area contributed by atoms with E-state index in [9.17, 15) is 4.79 Å². The number of hydrogen-bond donors (Lipinski definition) is 0. The van der Waals surface area contributed by atoms with Crippen molar-refractivity contribution >= 4 is 5.91 Å². The number of methoxy groups -OCH3 is 1. The lowest BCUT2D eigenvalue weighted by Crippen LogP contribution is -2.42. The lowest BCUT2D eigenvalue weighted by molar-refractivity contribution is -0.137. The van der Waals surface area contributed by atoms with Crippen molar-refractivity contribution < 1.29 is 19.0 Å². The molecule has 1 aromatic rings. The van der Waals surface area contributed by atoms with Crippen LogP contribution in [0.25, 0.3) is 0 Å². The van der Waals surface area contributed by atoms with Gasteiger partial charge in [0, 0.05) is 19.7 Å². The minimum atomic E-state index is -0.109. The molecule has 0 bridgehead atoms. The SMILES string of the molecule is COc1cccc2c1OCC(C(=O)N1CCCOCC1)C2. The van der Waals surface area contributed by atoms with Crippen molar-refractivity contribution in [3.05, 3.63) is 23.8 Å². The molecule has 5 nitrogen and oxygen atoms in total. The second-order valence-corrected chi connectivity index (χ2v) is 5.45. The molecule has 1 aromatic carbocycles. The van der Waals surface area contributed by atoms with E-state index in [2.05, 4.69) is 0 Å². The zero-order valence-corrected chi connectivity index (χ0v) is 12.3. The first-order valence-electron chi connectivity index (χ1n) is 7.45. The van der Waals surface area contributed by atoms with Crippen LogP contribution >= 0.6 is 0 Å². The Bertz CT molecular complexity index is 509. The Kier molecular flexibility index (Phi) is 4.29. The van der Waals surface area contributed by atoms with E-state index in [0.29, 0.717) is 26.2 Å². The molecule has 1 fully saturated rings. The van der Waals surface area contributed by atoms with Crippen LogP contribution in [0.3, 0.4) is 0 Å². The minimum absolute atomic E-state index is 0.109. The van der Waals surface area contributed by atoms with Gasteiger partial charge >= 0.3 is 0 Å². The number of carbonyl (C=O) groups is 1. The van der Waals surface area contributed by atoms with Gasteiger partial charge in [-0.2, -0.15) is 0 Å². The average molecular weight is 291 g/mol. The minimum Gasteiger partial charge on any atom is -0.493 e. The zero-order valence-electron chi connectivity index (χ0n) is 12.3. The highest BCUT2D eigenvalue weighted by Crippen LogP contribution is 2.36. The summed E-state index contributed by atoms with van der Waals surface area (Å²) in [4.78, 5) is 14.5. The monoisotopic (exact) mass is 291 g/mol. The molecule has 5 heteroatoms. The average Bonchev–Trinajstić information content (AvgIpc) is 2.82. The van der Waals surface area contributed by atoms with Gasteiger partial charge in [-0.05, 0) is 24.5 Å². The molecular weight excluding hydrogens is 270 g/mol. The first-order chi connectivity index (χ1) is 10.3. The van der Waals surface area contributed by atoms with Crippen molar-refractivity contribution in [3.8, 4) is 11.5 Å². The second-order valence-electron chi connectivity index (χ2n) is 5.45. The van der Waals surface area contributed by atoms with Gasteiger partial charge in [0.1, 0.15) is 6.61 Å². The maximum absolute atomic E-state index is 12.6. The van der Waals surface area contributed by atoms with Crippen molar-refractivity contribution in [2.24, 2.45) is 5.92 Å². The van der Waals surface area contributed by atoms with Crippen LogP contribution in [0.1, 0.15) is 12.0 Å². The Morgan fingerprint density at radius 1 is 1.33 bits per heavy atom. The molecule has 0 spiro atoms. The number of benzene rings is 1. The predicted molar refractivity (Wildman–Crippen MR) is 77.7 cm³/mol. The molecule has 1 atom stereocenters. The third-order valence-corrected chi connectivity index (χ3v) is 4.06. The highest BCUT2D eigenvalue weighted by atomic mass is 16.5. The summed E-state index contributed by atoms with van der Waals surface area (Å²) in [5.41, 5.74) is 1.05. The molecule has 1 saturated heterocycles. The number of rotatable bonds is 2. The fourth-order valence-electron chi connectivity index (χ4n) is 2.94. The van der Waals surface area contributed by atoms with Crippen LogP contribution in [0.5, 0.6) is 11.5 Å². The third-order valence-electron chi connectivity index (χ3n) is 4.06. The Morgan fingerprint density at radius 2 is 2.24 bits per heavy atom. The third kappa shape index (κ3) is 2.97. The molecular formula is C16H21NO4. The lowest BCUT2D eigenvalue weighted by Gasteiger charge is -2.30. The van der Waals surface area contributed by atoms with Gasteiger partial charge in [-0.25, -0.2) is 0 Å². The van der Waals surface area contributed by atoms with Gasteiger partial charge < -0.3 is 19.1 Å². The summed E-state index contributed by atoms with van der Waals surface area (Å²) >= 11 is 0. The molecule has 21 heavy (non-hydrogen) atoms. The molecule has 0 aromatic heterocycles. The Balaban J connectivity index is 1.72. The molecule has 2 aliphatic heterocycles. The molecule has 0 saturated carbocycles. The smallest absolute Gasteiger partial charge is 0.229 e. The van der Waals surface area contributed by atoms with Crippen molar-refractivity contribution in [1.82, 2.24) is 4.90 Å². The fourth-order valence-corrected chi connectivity index (χ4v) is 2.94. The van der Waals surface area contributed by atoms with Crippen LogP contribution in [0.4, 0.5) is 0 Å². The van der Waals surface area contributed by atoms with Gasteiger partial charge in [-0.15, -0.1) is 0 Å². The van der Waals surface area contributed by atoms with E-state index in [4.69, 9.17) is 14.2 Å². The summed E-state index contributed by atoms with van der Waals surface area (Å²) < 4.78 is 16.5. The van der Waals surface area contributed by atoms with E-state index in [0.717, 1.165) is 36.6 Å². The summed E-state index contributed by atoms with van der Waals surface area (Å²) in [5.74, 6) is 1.58. The largest absolute Gasteiger partial charge is 0.493 e. The topological polar surface area (TPSA) is 48.0 Å². The summed E-state index contributed by atoms with van der Waals surface area (Å²) in [6.45, 7) is 3.25. The van der Waals surface area contributed by atoms with Gasteiger partial charge in [-0.3, -0.25) is 4.79 Å². The molecule has 2 aliphatic rings. The Labute approximate surface area is 124 Å². The van der Waals surface area contributed by atoms with Crippen molar-refractivity contribution in [2.45, 2.75) is 12.8 Å². The van der Waals surface area contributed by atoms with E-state index in [1.165, 1.54) is 0 Å². The first kappa shape index (κ1) is 14.2. The number of fused-ring (bicyclic) bond motifs is 1. The number of hydrogen-bond acceptors (Lipinski definition) is 4. The van der Waals surface area contributed by atoms with Crippen LogP contribution in [-0.2, 0) is 16.0 Å². The van der Waals surface area contributed by atoms with Crippen molar-refractivity contribution in [2.75, 3.05) is 40.0 Å². The van der Waals surface area contributed by atoms with Crippen LogP contribution < -0.4 is 9.47 Å². The molecule has 3 rings (SSSR count). The van der Waals surface area contributed by atoms with Gasteiger partial charge in [-0.1, -0.05) is 12.1 Å². The highest BCUT2D eigenvalue weighted by molar-refractivity contribution is 5.80. The Hall–Kier alpha value is -1.75. The van der Waals surface area contributed by atoms with E-state index in [-0.39, 0.29) is 11.8 Å². The summed E-state index contributed by atoms with van der Waals surface area (Å²) in [5, 5.41) is 0. The normalized spacial score (nSPS) is 22.0. The molecule has 1 amide bonds. The van der Waals surface area contributed by atoms with Gasteiger partial charge in [0.2, 0.25) is 5.91 Å². The molecule has 2 heterocycles. The van der Waals surface area contributed by atoms with E-state index >= 15 is 0 Å².